The van der Waals surface area contributed by atoms with Gasteiger partial charge in [0.1, 0.15) is 0 Å². The van der Waals surface area contributed by atoms with Gasteiger partial charge in [-0.05, 0) is 39.5 Å². The minimum Gasteiger partial charge on any atom is -0.341 e. The smallest absolute Gasteiger partial charge is 0.239 e. The molecule has 2 saturated heterocycles. The molecule has 1 atom stereocenters. The molecular weight excluding hydrogens is 226 g/mol. The van der Waals surface area contributed by atoms with Crippen LogP contribution in [0.2, 0.25) is 0 Å². The predicted molar refractivity (Wildman–Crippen MR) is 69.8 cm³/mol. The number of piperidine rings is 1. The molecule has 1 unspecified atom stereocenters. The summed E-state index contributed by atoms with van der Waals surface area (Å²) in [5.41, 5.74) is -0.188. The number of amides is 1. The molecule has 2 heterocycles. The lowest BCUT2D eigenvalue weighted by Gasteiger charge is -2.38. The number of hydrogen-bond acceptors (Lipinski definition) is 3. The number of hydrogen-bond donors (Lipinski definition) is 0. The van der Waals surface area contributed by atoms with E-state index in [-0.39, 0.29) is 17.4 Å². The Bertz CT molecular complexity index is 347. The van der Waals surface area contributed by atoms with Crippen LogP contribution in [-0.4, -0.2) is 47.9 Å². The SMILES string of the molecule is CC(C(=O)N1CCCC1)N1CCC(C)(C#N)CC1. The highest BCUT2D eigenvalue weighted by molar-refractivity contribution is 5.81. The van der Waals surface area contributed by atoms with Crippen LogP contribution in [0, 0.1) is 16.7 Å². The molecule has 0 aliphatic carbocycles. The molecule has 0 saturated carbocycles. The Hall–Kier alpha value is -1.08. The monoisotopic (exact) mass is 249 g/mol. The van der Waals surface area contributed by atoms with Crippen molar-refractivity contribution in [2.75, 3.05) is 26.2 Å². The van der Waals surface area contributed by atoms with Gasteiger partial charge in [-0.2, -0.15) is 5.26 Å². The number of nitrogens with zero attached hydrogens (tertiary/aromatic N) is 3. The van der Waals surface area contributed by atoms with Gasteiger partial charge >= 0.3 is 0 Å². The molecule has 100 valence electrons. The second-order valence-electron chi connectivity index (χ2n) is 5.92. The van der Waals surface area contributed by atoms with Crippen molar-refractivity contribution in [1.29, 1.82) is 5.26 Å². The first-order valence-corrected chi connectivity index (χ1v) is 7.00. The van der Waals surface area contributed by atoms with Crippen LogP contribution in [0.15, 0.2) is 0 Å². The van der Waals surface area contributed by atoms with Crippen LogP contribution in [0.25, 0.3) is 0 Å². The van der Waals surface area contributed by atoms with E-state index in [9.17, 15) is 4.79 Å². The van der Waals surface area contributed by atoms with Crippen molar-refractivity contribution >= 4 is 5.91 Å². The Labute approximate surface area is 110 Å². The van der Waals surface area contributed by atoms with Crippen molar-refractivity contribution < 1.29 is 4.79 Å². The molecule has 0 bridgehead atoms. The number of likely N-dealkylation sites (tertiary alicyclic amines) is 2. The third-order valence-electron chi connectivity index (χ3n) is 4.49. The van der Waals surface area contributed by atoms with E-state index in [1.54, 1.807) is 0 Å². The van der Waals surface area contributed by atoms with Crippen LogP contribution >= 0.6 is 0 Å². The zero-order valence-corrected chi connectivity index (χ0v) is 11.5. The van der Waals surface area contributed by atoms with Gasteiger partial charge in [0.15, 0.2) is 0 Å². The van der Waals surface area contributed by atoms with Gasteiger partial charge in [0.05, 0.1) is 17.5 Å². The van der Waals surface area contributed by atoms with E-state index >= 15 is 0 Å². The summed E-state index contributed by atoms with van der Waals surface area (Å²) in [6.07, 6.45) is 4.04. The Balaban J connectivity index is 1.89. The van der Waals surface area contributed by atoms with Crippen molar-refractivity contribution in [3.05, 3.63) is 0 Å². The molecule has 0 aromatic carbocycles. The van der Waals surface area contributed by atoms with E-state index in [1.807, 2.05) is 18.7 Å². The first-order chi connectivity index (χ1) is 8.56. The average Bonchev–Trinajstić information content (AvgIpc) is 2.92. The molecule has 0 aromatic rings. The van der Waals surface area contributed by atoms with Gasteiger partial charge in [0.2, 0.25) is 5.91 Å². The first-order valence-electron chi connectivity index (χ1n) is 7.00. The van der Waals surface area contributed by atoms with Gasteiger partial charge in [0, 0.05) is 26.2 Å². The fraction of sp³-hybridized carbons (Fsp3) is 0.857. The van der Waals surface area contributed by atoms with Gasteiger partial charge in [-0.1, -0.05) is 0 Å². The van der Waals surface area contributed by atoms with Crippen molar-refractivity contribution in [3.8, 4) is 6.07 Å². The van der Waals surface area contributed by atoms with Gasteiger partial charge in [-0.15, -0.1) is 0 Å². The second kappa shape index (κ2) is 5.27. The molecule has 18 heavy (non-hydrogen) atoms. The Morgan fingerprint density at radius 3 is 2.28 bits per heavy atom. The van der Waals surface area contributed by atoms with Gasteiger partial charge < -0.3 is 4.90 Å². The minimum atomic E-state index is -0.188. The lowest BCUT2D eigenvalue weighted by molar-refractivity contribution is -0.136. The van der Waals surface area contributed by atoms with Gasteiger partial charge in [-0.25, -0.2) is 0 Å². The van der Waals surface area contributed by atoms with E-state index in [1.165, 1.54) is 0 Å². The summed E-state index contributed by atoms with van der Waals surface area (Å²) in [6.45, 7) is 7.61. The van der Waals surface area contributed by atoms with E-state index in [2.05, 4.69) is 11.0 Å². The molecular formula is C14H23N3O. The molecule has 2 fully saturated rings. The highest BCUT2D eigenvalue weighted by Gasteiger charge is 2.34. The Kier molecular flexibility index (Phi) is 3.91. The van der Waals surface area contributed by atoms with Crippen LogP contribution in [0.1, 0.15) is 39.5 Å². The summed E-state index contributed by atoms with van der Waals surface area (Å²) in [6, 6.07) is 2.38. The molecule has 2 aliphatic heterocycles. The topological polar surface area (TPSA) is 47.3 Å². The van der Waals surface area contributed by atoms with Crippen molar-refractivity contribution in [1.82, 2.24) is 9.80 Å². The second-order valence-corrected chi connectivity index (χ2v) is 5.92. The normalized spacial score (nSPS) is 25.7. The fourth-order valence-corrected chi connectivity index (χ4v) is 2.87. The summed E-state index contributed by atoms with van der Waals surface area (Å²) < 4.78 is 0. The largest absolute Gasteiger partial charge is 0.341 e. The molecule has 4 nitrogen and oxygen atoms in total. The predicted octanol–water partition coefficient (Wildman–Crippen LogP) is 1.62. The average molecular weight is 249 g/mol. The van der Waals surface area contributed by atoms with E-state index in [0.717, 1.165) is 51.9 Å². The molecule has 0 N–H and O–H groups in total. The summed E-state index contributed by atoms with van der Waals surface area (Å²) >= 11 is 0. The van der Waals surface area contributed by atoms with Crippen LogP contribution in [0.4, 0.5) is 0 Å². The van der Waals surface area contributed by atoms with E-state index in [0.29, 0.717) is 0 Å². The van der Waals surface area contributed by atoms with Crippen molar-refractivity contribution in [2.45, 2.75) is 45.6 Å². The number of carbonyl (C=O) groups excluding carboxylic acids is 1. The zero-order chi connectivity index (χ0) is 13.2. The van der Waals surface area contributed by atoms with Crippen molar-refractivity contribution in [2.24, 2.45) is 5.41 Å². The maximum Gasteiger partial charge on any atom is 0.239 e. The number of rotatable bonds is 2. The molecule has 0 aromatic heterocycles. The standard InChI is InChI=1S/C14H23N3O/c1-12(13(18)17-7-3-4-8-17)16-9-5-14(2,11-15)6-10-16/h12H,3-10H2,1-2H3. The Morgan fingerprint density at radius 2 is 1.78 bits per heavy atom. The zero-order valence-electron chi connectivity index (χ0n) is 11.5. The van der Waals surface area contributed by atoms with E-state index < -0.39 is 0 Å². The van der Waals surface area contributed by atoms with Gasteiger partial charge in [0.25, 0.3) is 0 Å². The Morgan fingerprint density at radius 1 is 1.22 bits per heavy atom. The first kappa shape index (κ1) is 13.4. The molecule has 2 rings (SSSR count). The highest BCUT2D eigenvalue weighted by atomic mass is 16.2. The molecule has 2 aliphatic rings. The van der Waals surface area contributed by atoms with Crippen LogP contribution in [0.3, 0.4) is 0 Å². The maximum absolute atomic E-state index is 12.3. The molecule has 0 radical (unpaired) electrons. The fourth-order valence-electron chi connectivity index (χ4n) is 2.87. The lowest BCUT2D eigenvalue weighted by Crippen LogP contribution is -2.50. The number of carbonyl (C=O) groups is 1. The molecule has 1 amide bonds. The van der Waals surface area contributed by atoms with E-state index in [4.69, 9.17) is 5.26 Å². The maximum atomic E-state index is 12.3. The summed E-state index contributed by atoms with van der Waals surface area (Å²) in [5, 5.41) is 9.11. The third kappa shape index (κ3) is 2.67. The number of nitriles is 1. The lowest BCUT2D eigenvalue weighted by atomic mass is 9.81. The minimum absolute atomic E-state index is 0.0219. The third-order valence-corrected chi connectivity index (χ3v) is 4.49. The van der Waals surface area contributed by atoms with Crippen molar-refractivity contribution in [3.63, 3.8) is 0 Å². The molecule has 0 spiro atoms. The van der Waals surface area contributed by atoms with Crippen LogP contribution in [-0.2, 0) is 4.79 Å². The quantitative estimate of drug-likeness (QED) is 0.747. The highest BCUT2D eigenvalue weighted by Crippen LogP contribution is 2.30. The summed E-state index contributed by atoms with van der Waals surface area (Å²) in [7, 11) is 0. The van der Waals surface area contributed by atoms with Crippen LogP contribution < -0.4 is 0 Å². The molecule has 4 heteroatoms. The van der Waals surface area contributed by atoms with Crippen LogP contribution in [0.5, 0.6) is 0 Å². The summed E-state index contributed by atoms with van der Waals surface area (Å²) in [4.78, 5) is 16.5. The summed E-state index contributed by atoms with van der Waals surface area (Å²) in [5.74, 6) is 0.271. The van der Waals surface area contributed by atoms with Gasteiger partial charge in [-0.3, -0.25) is 9.69 Å².